The van der Waals surface area contributed by atoms with E-state index < -0.39 is 0 Å². The molecule has 5 heteroatoms. The Morgan fingerprint density at radius 3 is 2.84 bits per heavy atom. The van der Waals surface area contributed by atoms with Crippen LogP contribution in [0.25, 0.3) is 0 Å². The fraction of sp³-hybridized carbons (Fsp3) is 0.643. The first-order chi connectivity index (χ1) is 9.22. The van der Waals surface area contributed by atoms with E-state index in [-0.39, 0.29) is 5.91 Å². The first-order valence-electron chi connectivity index (χ1n) is 6.99. The number of hydrogen-bond donors (Lipinski definition) is 1. The van der Waals surface area contributed by atoms with Gasteiger partial charge in [-0.05, 0) is 66.8 Å². The van der Waals surface area contributed by atoms with Crippen molar-refractivity contribution in [3.63, 3.8) is 0 Å². The number of rotatable bonds is 5. The summed E-state index contributed by atoms with van der Waals surface area (Å²) in [5, 5.41) is 5.49. The molecule has 3 nitrogen and oxygen atoms in total. The van der Waals surface area contributed by atoms with Crippen LogP contribution in [0.15, 0.2) is 11.4 Å². The van der Waals surface area contributed by atoms with Gasteiger partial charge in [-0.2, -0.15) is 0 Å². The standard InChI is InChI=1S/C14H19IN2OS/c15-13-6-11(9-19-13)14(18)17(7-10-3-4-10)8-12-2-1-5-16-12/h6,9-10,12,16H,1-5,7-8H2. The van der Waals surface area contributed by atoms with Crippen molar-refractivity contribution in [3.05, 3.63) is 19.9 Å². The molecule has 1 saturated heterocycles. The second-order valence-electron chi connectivity index (χ2n) is 5.59. The Hall–Kier alpha value is -0.140. The minimum Gasteiger partial charge on any atom is -0.337 e. The lowest BCUT2D eigenvalue weighted by Crippen LogP contribution is -2.42. The first kappa shape index (κ1) is 13.8. The summed E-state index contributed by atoms with van der Waals surface area (Å²) in [4.78, 5) is 14.7. The number of hydrogen-bond acceptors (Lipinski definition) is 3. The highest BCUT2D eigenvalue weighted by Crippen LogP contribution is 2.30. The van der Waals surface area contributed by atoms with Crippen LogP contribution in [0.2, 0.25) is 0 Å². The molecule has 0 bridgehead atoms. The molecule has 1 saturated carbocycles. The van der Waals surface area contributed by atoms with Crippen LogP contribution < -0.4 is 5.32 Å². The molecule has 19 heavy (non-hydrogen) atoms. The highest BCUT2D eigenvalue weighted by atomic mass is 127. The summed E-state index contributed by atoms with van der Waals surface area (Å²) >= 11 is 3.93. The van der Waals surface area contributed by atoms with Crippen molar-refractivity contribution < 1.29 is 4.79 Å². The van der Waals surface area contributed by atoms with E-state index in [1.54, 1.807) is 11.3 Å². The third-order valence-corrected chi connectivity index (χ3v) is 5.67. The minimum atomic E-state index is 0.222. The summed E-state index contributed by atoms with van der Waals surface area (Å²) in [6.45, 7) is 2.93. The van der Waals surface area contributed by atoms with Crippen LogP contribution >= 0.6 is 33.9 Å². The van der Waals surface area contributed by atoms with Crippen LogP contribution in [-0.4, -0.2) is 36.5 Å². The average molecular weight is 390 g/mol. The van der Waals surface area contributed by atoms with E-state index in [0.717, 1.165) is 31.1 Å². The smallest absolute Gasteiger partial charge is 0.254 e. The van der Waals surface area contributed by atoms with Gasteiger partial charge in [0, 0.05) is 24.5 Å². The van der Waals surface area contributed by atoms with E-state index in [1.807, 2.05) is 11.4 Å². The highest BCUT2D eigenvalue weighted by Gasteiger charge is 2.29. The number of thiophene rings is 1. The molecular formula is C14H19IN2OS. The Morgan fingerprint density at radius 2 is 2.26 bits per heavy atom. The van der Waals surface area contributed by atoms with E-state index >= 15 is 0 Å². The topological polar surface area (TPSA) is 32.3 Å². The van der Waals surface area contributed by atoms with Gasteiger partial charge < -0.3 is 10.2 Å². The quantitative estimate of drug-likeness (QED) is 0.785. The first-order valence-corrected chi connectivity index (χ1v) is 8.95. The Labute approximate surface area is 131 Å². The van der Waals surface area contributed by atoms with Gasteiger partial charge >= 0.3 is 0 Å². The highest BCUT2D eigenvalue weighted by molar-refractivity contribution is 14.1. The molecule has 1 aliphatic heterocycles. The van der Waals surface area contributed by atoms with E-state index in [2.05, 4.69) is 32.8 Å². The molecule has 1 aromatic heterocycles. The normalized spacial score (nSPS) is 22.7. The summed E-state index contributed by atoms with van der Waals surface area (Å²) in [5.41, 5.74) is 0.869. The Morgan fingerprint density at radius 1 is 1.42 bits per heavy atom. The molecule has 0 aromatic carbocycles. The van der Waals surface area contributed by atoms with Crippen molar-refractivity contribution in [3.8, 4) is 0 Å². The van der Waals surface area contributed by atoms with E-state index in [0.29, 0.717) is 6.04 Å². The molecule has 1 unspecified atom stereocenters. The van der Waals surface area contributed by atoms with Crippen LogP contribution in [0, 0.1) is 8.80 Å². The molecule has 2 fully saturated rings. The largest absolute Gasteiger partial charge is 0.337 e. The zero-order chi connectivity index (χ0) is 13.2. The van der Waals surface area contributed by atoms with Gasteiger partial charge in [0.25, 0.3) is 5.91 Å². The molecule has 2 heterocycles. The van der Waals surface area contributed by atoms with Crippen LogP contribution in [0.1, 0.15) is 36.0 Å². The van der Waals surface area contributed by atoms with Crippen LogP contribution in [0.4, 0.5) is 0 Å². The van der Waals surface area contributed by atoms with E-state index in [1.165, 1.54) is 28.6 Å². The number of nitrogens with zero attached hydrogens (tertiary/aromatic N) is 1. The lowest BCUT2D eigenvalue weighted by molar-refractivity contribution is 0.0734. The third kappa shape index (κ3) is 3.70. The second kappa shape index (κ2) is 6.10. The maximum atomic E-state index is 12.6. The number of halogens is 1. The maximum Gasteiger partial charge on any atom is 0.254 e. The van der Waals surface area contributed by atoms with Crippen molar-refractivity contribution in [1.29, 1.82) is 0 Å². The van der Waals surface area contributed by atoms with Gasteiger partial charge in [0.1, 0.15) is 0 Å². The van der Waals surface area contributed by atoms with Gasteiger partial charge in [0.2, 0.25) is 0 Å². The minimum absolute atomic E-state index is 0.222. The molecule has 0 spiro atoms. The summed E-state index contributed by atoms with van der Waals surface area (Å²) in [6.07, 6.45) is 5.04. The molecule has 1 atom stereocenters. The predicted octanol–water partition coefficient (Wildman–Crippen LogP) is 2.96. The van der Waals surface area contributed by atoms with E-state index in [4.69, 9.17) is 0 Å². The van der Waals surface area contributed by atoms with Gasteiger partial charge in [-0.1, -0.05) is 0 Å². The summed E-state index contributed by atoms with van der Waals surface area (Å²) in [5.74, 6) is 0.975. The third-order valence-electron chi connectivity index (χ3n) is 3.88. The molecule has 104 valence electrons. The molecule has 2 aliphatic rings. The number of amides is 1. The lowest BCUT2D eigenvalue weighted by atomic mass is 10.2. The van der Waals surface area contributed by atoms with Crippen molar-refractivity contribution in [2.75, 3.05) is 19.6 Å². The molecule has 1 aliphatic carbocycles. The second-order valence-corrected chi connectivity index (χ2v) is 8.39. The van der Waals surface area contributed by atoms with Crippen molar-refractivity contribution in [2.24, 2.45) is 5.92 Å². The van der Waals surface area contributed by atoms with Crippen LogP contribution in [0.5, 0.6) is 0 Å². The lowest BCUT2D eigenvalue weighted by Gasteiger charge is -2.25. The molecule has 1 amide bonds. The Bertz CT molecular complexity index is 452. The van der Waals surface area contributed by atoms with Gasteiger partial charge in [0.15, 0.2) is 0 Å². The average Bonchev–Trinajstić information content (AvgIpc) is 2.89. The van der Waals surface area contributed by atoms with Gasteiger partial charge in [0.05, 0.1) is 8.45 Å². The maximum absolute atomic E-state index is 12.6. The summed E-state index contributed by atoms with van der Waals surface area (Å²) in [6, 6.07) is 2.51. The molecular weight excluding hydrogens is 371 g/mol. The van der Waals surface area contributed by atoms with Crippen molar-refractivity contribution >= 4 is 39.8 Å². The number of carbonyl (C=O) groups is 1. The van der Waals surface area contributed by atoms with Gasteiger partial charge in [-0.3, -0.25) is 4.79 Å². The molecule has 1 N–H and O–H groups in total. The summed E-state index contributed by atoms with van der Waals surface area (Å²) in [7, 11) is 0. The van der Waals surface area contributed by atoms with Crippen molar-refractivity contribution in [1.82, 2.24) is 10.2 Å². The molecule has 0 radical (unpaired) electrons. The zero-order valence-corrected chi connectivity index (χ0v) is 13.9. The van der Waals surface area contributed by atoms with Gasteiger partial charge in [-0.15, -0.1) is 11.3 Å². The molecule has 3 rings (SSSR count). The SMILES string of the molecule is O=C(c1csc(I)c1)N(CC1CC1)CC1CCCN1. The fourth-order valence-electron chi connectivity index (χ4n) is 2.64. The zero-order valence-electron chi connectivity index (χ0n) is 10.9. The molecule has 1 aromatic rings. The summed E-state index contributed by atoms with van der Waals surface area (Å²) < 4.78 is 1.19. The van der Waals surface area contributed by atoms with Crippen molar-refractivity contribution in [2.45, 2.75) is 31.7 Å². The van der Waals surface area contributed by atoms with Gasteiger partial charge in [-0.25, -0.2) is 0 Å². The Balaban J connectivity index is 1.67. The van der Waals surface area contributed by atoms with Crippen LogP contribution in [-0.2, 0) is 0 Å². The van der Waals surface area contributed by atoms with Crippen LogP contribution in [0.3, 0.4) is 0 Å². The Kier molecular flexibility index (Phi) is 4.44. The number of nitrogens with one attached hydrogen (secondary N) is 1. The monoisotopic (exact) mass is 390 g/mol. The predicted molar refractivity (Wildman–Crippen MR) is 86.7 cm³/mol. The fourth-order valence-corrected chi connectivity index (χ4v) is 3.96. The van der Waals surface area contributed by atoms with E-state index in [9.17, 15) is 4.79 Å². The number of carbonyl (C=O) groups excluding carboxylic acids is 1.